The molecule has 0 atom stereocenters. The lowest BCUT2D eigenvalue weighted by Crippen LogP contribution is -2.38. The molecule has 0 aliphatic carbocycles. The van der Waals surface area contributed by atoms with Crippen LogP contribution in [-0.2, 0) is 17.9 Å². The first kappa shape index (κ1) is 13.4. The molecule has 0 bridgehead atoms. The molecular weight excluding hydrogens is 261 g/mol. The smallest absolute Gasteiger partial charge is 0.335 e. The minimum absolute atomic E-state index is 0.200. The molecule has 0 radical (unpaired) electrons. The predicted molar refractivity (Wildman–Crippen MR) is 57.6 cm³/mol. The van der Waals surface area contributed by atoms with Crippen molar-refractivity contribution in [2.75, 3.05) is 6.54 Å². The molecule has 19 heavy (non-hydrogen) atoms. The highest BCUT2D eigenvalue weighted by Gasteiger charge is 2.30. The van der Waals surface area contributed by atoms with E-state index in [-0.39, 0.29) is 12.2 Å². The Kier molecular flexibility index (Phi) is 3.46. The summed E-state index contributed by atoms with van der Waals surface area (Å²) in [7, 11) is 0. The fourth-order valence-electron chi connectivity index (χ4n) is 1.94. The molecule has 0 unspecified atom stereocenters. The van der Waals surface area contributed by atoms with Crippen LogP contribution in [0.1, 0.15) is 24.2 Å². The number of nitriles is 1. The van der Waals surface area contributed by atoms with Crippen LogP contribution < -0.4 is 0 Å². The van der Waals surface area contributed by atoms with Gasteiger partial charge in [0.05, 0.1) is 25.2 Å². The second-order valence-corrected chi connectivity index (χ2v) is 4.29. The Hall–Kier alpha value is -2.04. The monoisotopic (exact) mass is 272 g/mol. The lowest BCUT2D eigenvalue weighted by Gasteiger charge is -2.27. The first-order chi connectivity index (χ1) is 8.89. The zero-order valence-electron chi connectivity index (χ0n) is 9.94. The standard InChI is InChI=1S/C11H11F3N4O/c12-11(13,14)2-1-10(19)17-3-4-18-9(7-17)5-8(6-15)16-18/h5H,1-4,7H2. The molecule has 8 heteroatoms. The molecule has 0 spiro atoms. The van der Waals surface area contributed by atoms with Crippen molar-refractivity contribution in [3.05, 3.63) is 17.5 Å². The van der Waals surface area contributed by atoms with Crippen molar-refractivity contribution in [3.63, 3.8) is 0 Å². The molecule has 1 amide bonds. The zero-order valence-corrected chi connectivity index (χ0v) is 9.94. The first-order valence-electron chi connectivity index (χ1n) is 5.70. The highest BCUT2D eigenvalue weighted by atomic mass is 19.4. The van der Waals surface area contributed by atoms with Gasteiger partial charge in [-0.3, -0.25) is 9.48 Å². The lowest BCUT2D eigenvalue weighted by atomic mass is 10.2. The van der Waals surface area contributed by atoms with E-state index in [4.69, 9.17) is 5.26 Å². The molecule has 0 saturated carbocycles. The summed E-state index contributed by atoms with van der Waals surface area (Å²) in [6, 6.07) is 3.43. The maximum absolute atomic E-state index is 12.1. The largest absolute Gasteiger partial charge is 0.389 e. The van der Waals surface area contributed by atoms with Gasteiger partial charge in [-0.15, -0.1) is 0 Å². The molecule has 1 aromatic rings. The van der Waals surface area contributed by atoms with E-state index in [0.717, 1.165) is 0 Å². The number of halogens is 3. The highest BCUT2D eigenvalue weighted by Crippen LogP contribution is 2.23. The van der Waals surface area contributed by atoms with E-state index in [1.165, 1.54) is 4.90 Å². The molecule has 2 rings (SSSR count). The van der Waals surface area contributed by atoms with Crippen molar-refractivity contribution in [1.29, 1.82) is 5.26 Å². The van der Waals surface area contributed by atoms with Crippen LogP contribution in [-0.4, -0.2) is 33.3 Å². The quantitative estimate of drug-likeness (QED) is 0.818. The lowest BCUT2D eigenvalue weighted by molar-refractivity contribution is -0.150. The molecule has 0 fully saturated rings. The first-order valence-corrected chi connectivity index (χ1v) is 5.70. The van der Waals surface area contributed by atoms with Crippen molar-refractivity contribution in [3.8, 4) is 6.07 Å². The van der Waals surface area contributed by atoms with Crippen LogP contribution in [0.2, 0.25) is 0 Å². The molecule has 5 nitrogen and oxygen atoms in total. The van der Waals surface area contributed by atoms with Crippen LogP contribution in [0.15, 0.2) is 6.07 Å². The number of carbonyl (C=O) groups excluding carboxylic acids is 1. The van der Waals surface area contributed by atoms with Crippen molar-refractivity contribution in [1.82, 2.24) is 14.7 Å². The van der Waals surface area contributed by atoms with E-state index >= 15 is 0 Å². The zero-order chi connectivity index (χ0) is 14.0. The van der Waals surface area contributed by atoms with Crippen LogP contribution in [0.5, 0.6) is 0 Å². The molecule has 1 aliphatic heterocycles. The van der Waals surface area contributed by atoms with Crippen molar-refractivity contribution < 1.29 is 18.0 Å². The second kappa shape index (κ2) is 4.91. The van der Waals surface area contributed by atoms with Gasteiger partial charge < -0.3 is 4.90 Å². The second-order valence-electron chi connectivity index (χ2n) is 4.29. The molecule has 1 aliphatic rings. The Labute approximate surface area is 107 Å². The van der Waals surface area contributed by atoms with Gasteiger partial charge in [-0.05, 0) is 6.07 Å². The van der Waals surface area contributed by atoms with Gasteiger partial charge in [-0.2, -0.15) is 23.5 Å². The molecule has 0 aromatic carbocycles. The number of hydrogen-bond donors (Lipinski definition) is 0. The summed E-state index contributed by atoms with van der Waals surface area (Å²) in [6.07, 6.45) is -5.96. The number of aromatic nitrogens is 2. The number of nitrogens with zero attached hydrogens (tertiary/aromatic N) is 4. The van der Waals surface area contributed by atoms with Gasteiger partial charge in [-0.1, -0.05) is 0 Å². The Balaban J connectivity index is 1.98. The third-order valence-corrected chi connectivity index (χ3v) is 2.89. The van der Waals surface area contributed by atoms with Crippen LogP contribution >= 0.6 is 0 Å². The van der Waals surface area contributed by atoms with Gasteiger partial charge in [0.2, 0.25) is 5.91 Å². The molecule has 1 aromatic heterocycles. The maximum Gasteiger partial charge on any atom is 0.389 e. The average molecular weight is 272 g/mol. The summed E-state index contributed by atoms with van der Waals surface area (Å²) in [4.78, 5) is 13.0. The normalized spacial score (nSPS) is 14.9. The average Bonchev–Trinajstić information content (AvgIpc) is 2.76. The Morgan fingerprint density at radius 2 is 2.21 bits per heavy atom. The van der Waals surface area contributed by atoms with Gasteiger partial charge in [0.1, 0.15) is 6.07 Å². The topological polar surface area (TPSA) is 61.9 Å². The molecule has 0 saturated heterocycles. The van der Waals surface area contributed by atoms with E-state index in [0.29, 0.717) is 18.8 Å². The summed E-state index contributed by atoms with van der Waals surface area (Å²) in [5.74, 6) is -0.525. The van der Waals surface area contributed by atoms with E-state index in [1.54, 1.807) is 10.7 Å². The Morgan fingerprint density at radius 3 is 2.84 bits per heavy atom. The Bertz CT molecular complexity index is 529. The minimum atomic E-state index is -4.32. The van der Waals surface area contributed by atoms with Gasteiger partial charge in [0, 0.05) is 13.0 Å². The van der Waals surface area contributed by atoms with Crippen molar-refractivity contribution in [2.45, 2.75) is 32.1 Å². The van der Waals surface area contributed by atoms with Crippen LogP contribution in [0, 0.1) is 11.3 Å². The molecule has 0 N–H and O–H groups in total. The van der Waals surface area contributed by atoms with Crippen LogP contribution in [0.4, 0.5) is 13.2 Å². The third-order valence-electron chi connectivity index (χ3n) is 2.89. The summed E-state index contributed by atoms with van der Waals surface area (Å²) in [6.45, 7) is 0.913. The third kappa shape index (κ3) is 3.24. The van der Waals surface area contributed by atoms with Crippen LogP contribution in [0.25, 0.3) is 0 Å². The van der Waals surface area contributed by atoms with E-state index in [2.05, 4.69) is 5.10 Å². The van der Waals surface area contributed by atoms with E-state index in [9.17, 15) is 18.0 Å². The fraction of sp³-hybridized carbons (Fsp3) is 0.545. The van der Waals surface area contributed by atoms with Gasteiger partial charge in [-0.25, -0.2) is 0 Å². The van der Waals surface area contributed by atoms with Crippen LogP contribution in [0.3, 0.4) is 0 Å². The number of alkyl halides is 3. The Morgan fingerprint density at radius 1 is 1.47 bits per heavy atom. The van der Waals surface area contributed by atoms with Gasteiger partial charge in [0.15, 0.2) is 5.69 Å². The molecule has 102 valence electrons. The SMILES string of the molecule is N#Cc1cc2n(n1)CCN(C(=O)CCC(F)(F)F)C2. The number of hydrogen-bond acceptors (Lipinski definition) is 3. The summed E-state index contributed by atoms with van der Waals surface area (Å²) < 4.78 is 37.8. The number of fused-ring (bicyclic) bond motifs is 1. The fourth-order valence-corrected chi connectivity index (χ4v) is 1.94. The highest BCUT2D eigenvalue weighted by molar-refractivity contribution is 5.76. The van der Waals surface area contributed by atoms with Gasteiger partial charge >= 0.3 is 6.18 Å². The molecule has 2 heterocycles. The maximum atomic E-state index is 12.1. The number of rotatable bonds is 2. The van der Waals surface area contributed by atoms with Crippen molar-refractivity contribution in [2.24, 2.45) is 0 Å². The number of carbonyl (C=O) groups is 1. The number of amides is 1. The summed E-state index contributed by atoms with van der Waals surface area (Å²) in [5.41, 5.74) is 0.919. The van der Waals surface area contributed by atoms with E-state index in [1.807, 2.05) is 6.07 Å². The predicted octanol–water partition coefficient (Wildman–Crippen LogP) is 1.44. The summed E-state index contributed by atoms with van der Waals surface area (Å²) >= 11 is 0. The van der Waals surface area contributed by atoms with Gasteiger partial charge in [0.25, 0.3) is 0 Å². The minimum Gasteiger partial charge on any atom is -0.335 e. The molecular formula is C11H11F3N4O. The summed E-state index contributed by atoms with van der Waals surface area (Å²) in [5, 5.41) is 12.7. The van der Waals surface area contributed by atoms with Crippen molar-refractivity contribution >= 4 is 5.91 Å². The van der Waals surface area contributed by atoms with E-state index < -0.39 is 24.9 Å².